The van der Waals surface area contributed by atoms with E-state index in [1.807, 2.05) is 29.2 Å². The Morgan fingerprint density at radius 2 is 0.752 bits per heavy atom. The highest BCUT2D eigenvalue weighted by atomic mass is 32.1. The number of fused-ring (bicyclic) bond motifs is 12. The molecule has 676 valence electrons. The second-order valence-electron chi connectivity index (χ2n) is 28.4. The minimum Gasteiger partial charge on any atom is -0.508 e. The van der Waals surface area contributed by atoms with Crippen molar-refractivity contribution in [2.24, 2.45) is 11.8 Å². The molecule has 1 saturated heterocycles. The molecule has 11 rings (SSSR count). The molecule has 0 unspecified atom stereocenters. The van der Waals surface area contributed by atoms with Gasteiger partial charge in [0.2, 0.25) is 35.4 Å². The van der Waals surface area contributed by atoms with Crippen LogP contribution in [0.25, 0.3) is 0 Å². The molecule has 0 bridgehead atoms. The van der Waals surface area contributed by atoms with Crippen LogP contribution < -0.4 is 46.3 Å². The number of carbonyl (C=O) groups is 13. The Morgan fingerprint density at radius 1 is 0.432 bits per heavy atom. The van der Waals surface area contributed by atoms with Crippen molar-refractivity contribution >= 4 is 89.9 Å². The quantitative estimate of drug-likeness (QED) is 0.00512. The normalized spacial score (nSPS) is 13.7. The average Bonchev–Trinajstić information content (AvgIpc) is 1.61. The summed E-state index contributed by atoms with van der Waals surface area (Å²) in [6, 6.07) is 33.2. The number of hydrogen-bond acceptors (Lipinski definition) is 31. The summed E-state index contributed by atoms with van der Waals surface area (Å²) in [5, 5.41) is 64.0. The molecule has 0 radical (unpaired) electrons. The molecule has 12 N–H and O–H groups in total. The van der Waals surface area contributed by atoms with E-state index in [2.05, 4.69) is 54.4 Å². The molecule has 1 fully saturated rings. The summed E-state index contributed by atoms with van der Waals surface area (Å²) in [5.74, 6) is -4.45. The fourth-order valence-corrected chi connectivity index (χ4v) is 12.9. The lowest BCUT2D eigenvalue weighted by Crippen LogP contribution is -2.35. The van der Waals surface area contributed by atoms with Crippen molar-refractivity contribution in [2.45, 2.75) is 110 Å². The first-order chi connectivity index (χ1) is 60.0. The lowest BCUT2D eigenvalue weighted by atomic mass is 9.77. The number of imide groups is 1. The topological polar surface area (TPSA) is 521 Å². The SMILES string of the molecule is CC(=O)NCCCOCCOCCOCCCNC(=O)CC[C@H](C)C(=O)NCC(=O)O.CC(=O)NCCCOCCOCCOCCCNC(=O)CC[C@H](C)C(=O)NCC(=O)ONS.CC(=O)ON1C(=O)CCC1=O.O=C1OC2(c3ccc(O)cc3Oc3cc(O)ccc32)c2ccccc21.O=C1OC2(c3ccc(O)cc3Oc3cc(O)ccc32)c2ccccc21. The maximum Gasteiger partial charge on any atom is 0.344 e. The van der Waals surface area contributed by atoms with Gasteiger partial charge in [0.25, 0.3) is 11.8 Å². The number of phenols is 4. The third kappa shape index (κ3) is 31.1. The van der Waals surface area contributed by atoms with Gasteiger partial charge in [-0.05, 0) is 99.2 Å². The summed E-state index contributed by atoms with van der Waals surface area (Å²) in [4.78, 5) is 157. The largest absolute Gasteiger partial charge is 0.508 e. The zero-order chi connectivity index (χ0) is 90.9. The molecular formula is C86H106N8O30S. The zero-order valence-corrected chi connectivity index (χ0v) is 70.7. The Labute approximate surface area is 725 Å². The van der Waals surface area contributed by atoms with Crippen molar-refractivity contribution in [1.29, 1.82) is 0 Å². The summed E-state index contributed by atoms with van der Waals surface area (Å²) in [7, 11) is 0. The highest BCUT2D eigenvalue weighted by Gasteiger charge is 2.55. The molecule has 8 amide bonds. The number of nitrogens with one attached hydrogen (secondary N) is 7. The number of carboxylic acids is 1. The molecule has 6 aromatic carbocycles. The number of amides is 8. The summed E-state index contributed by atoms with van der Waals surface area (Å²) in [6.45, 7) is 14.8. The molecule has 0 aliphatic carbocycles. The van der Waals surface area contributed by atoms with Crippen LogP contribution in [0.1, 0.15) is 153 Å². The van der Waals surface area contributed by atoms with E-state index in [0.717, 1.165) is 19.8 Å². The van der Waals surface area contributed by atoms with Crippen LogP contribution in [-0.4, -0.2) is 226 Å². The Kier molecular flexibility index (Phi) is 41.1. The molecule has 5 heterocycles. The standard InChI is InChI=1S/C20H38N4O8S.C20H37N3O8.2C20H12O5.C6H7NO4/c1-16(20(28)23-15-19(27)32-24-33)5-6-18(26)22-8-4-10-30-12-14-31-13-11-29-9-3-7-21-17(2)25;1-16(20(28)23-15-19(26)27)5-6-18(25)22-8-4-10-30-12-14-31-13-11-29-9-3-7-21-17(2)24;2*21-11-5-7-15-17(9-11)24-18-10-12(22)6-8-16(18)20(15)14-4-2-1-3-13(14)19(23)25-20;1-4(8)11-7-5(9)2-3-6(7)10/h16,24,33H,3-15H2,1-2H3,(H,21,25)(H,22,26)(H,23,28);16H,3-15H2,1-2H3,(H,21,24)(H,22,25)(H,23,28)(H,26,27);2*1-10,21-22H;2-3H2,1H3/t2*16-;;;/m00.../s1. The van der Waals surface area contributed by atoms with Gasteiger partial charge in [0, 0.05) is 169 Å². The van der Waals surface area contributed by atoms with Gasteiger partial charge in [-0.2, -0.15) is 0 Å². The Hall–Kier alpha value is -12.5. The maximum atomic E-state index is 12.5. The summed E-state index contributed by atoms with van der Waals surface area (Å²) in [5.41, 5.74) is 2.57. The number of nitrogens with zero attached hydrogens (tertiary/aromatic N) is 1. The first-order valence-electron chi connectivity index (χ1n) is 40.2. The molecule has 6 aromatic rings. The Morgan fingerprint density at radius 3 is 1.07 bits per heavy atom. The van der Waals surface area contributed by atoms with E-state index in [9.17, 15) is 82.8 Å². The summed E-state index contributed by atoms with van der Waals surface area (Å²) < 4.78 is 55.9. The number of hydroxylamine groups is 2. The number of hydrogen-bond donors (Lipinski definition) is 13. The smallest absolute Gasteiger partial charge is 0.344 e. The van der Waals surface area contributed by atoms with Gasteiger partial charge in [-0.15, -0.1) is 5.06 Å². The van der Waals surface area contributed by atoms with Gasteiger partial charge in [-0.3, -0.25) is 43.2 Å². The van der Waals surface area contributed by atoms with E-state index in [0.29, 0.717) is 204 Å². The first kappa shape index (κ1) is 99.6. The van der Waals surface area contributed by atoms with Crippen LogP contribution in [0.4, 0.5) is 0 Å². The Bertz CT molecular complexity index is 4410. The van der Waals surface area contributed by atoms with Gasteiger partial charge < -0.3 is 114 Å². The van der Waals surface area contributed by atoms with Crippen molar-refractivity contribution in [1.82, 2.24) is 41.8 Å². The molecular weight excluding hydrogens is 1660 g/mol. The number of esters is 2. The van der Waals surface area contributed by atoms with E-state index < -0.39 is 71.2 Å². The fraction of sp³-hybridized carbons (Fsp3) is 0.430. The minimum absolute atomic E-state index is 0.0371. The number of aromatic hydroxyl groups is 4. The third-order valence-corrected chi connectivity index (χ3v) is 18.9. The number of aliphatic carboxylic acids is 1. The Balaban J connectivity index is 0.000000220. The highest BCUT2D eigenvalue weighted by molar-refractivity contribution is 7.77. The van der Waals surface area contributed by atoms with E-state index in [4.69, 9.17) is 52.5 Å². The van der Waals surface area contributed by atoms with E-state index in [1.165, 1.54) is 62.4 Å². The zero-order valence-electron chi connectivity index (χ0n) is 69.8. The number of carboxylic acid groups (broad SMARTS) is 1. The number of carbonyl (C=O) groups excluding carboxylic acids is 12. The average molecular weight is 1760 g/mol. The van der Waals surface area contributed by atoms with Gasteiger partial charge in [0.05, 0.1) is 64.0 Å². The fourth-order valence-electron chi connectivity index (χ4n) is 12.8. The maximum absolute atomic E-state index is 12.5. The molecule has 0 aromatic heterocycles. The molecule has 38 nitrogen and oxygen atoms in total. The molecule has 2 spiro atoms. The van der Waals surface area contributed by atoms with E-state index in [1.54, 1.807) is 62.4 Å². The second kappa shape index (κ2) is 51.6. The molecule has 39 heteroatoms. The predicted octanol–water partition coefficient (Wildman–Crippen LogP) is 6.12. The third-order valence-electron chi connectivity index (χ3n) is 18.8. The highest BCUT2D eigenvalue weighted by Crippen LogP contribution is 2.59. The minimum atomic E-state index is -1.17. The van der Waals surface area contributed by atoms with Crippen LogP contribution in [0, 0.1) is 11.8 Å². The number of phenolic OH excluding ortho intramolecular Hbond substituents is 4. The molecule has 5 aliphatic heterocycles. The lowest BCUT2D eigenvalue weighted by Gasteiger charge is -2.36. The first-order valence-corrected chi connectivity index (χ1v) is 40.7. The van der Waals surface area contributed by atoms with Gasteiger partial charge in [-0.25, -0.2) is 19.2 Å². The van der Waals surface area contributed by atoms with Crippen LogP contribution in [0.3, 0.4) is 0 Å². The molecule has 2 atom stereocenters. The molecule has 125 heavy (non-hydrogen) atoms. The van der Waals surface area contributed by atoms with Gasteiger partial charge in [0.15, 0.2) is 11.2 Å². The number of ether oxygens (including phenoxy) is 10. The monoisotopic (exact) mass is 1760 g/mol. The number of rotatable bonds is 42. The second-order valence-corrected chi connectivity index (χ2v) is 28.5. The molecule has 5 aliphatic rings. The van der Waals surface area contributed by atoms with Gasteiger partial charge in [-0.1, -0.05) is 67.9 Å². The summed E-state index contributed by atoms with van der Waals surface area (Å²) >= 11 is 3.51. The van der Waals surface area contributed by atoms with Crippen LogP contribution in [0.15, 0.2) is 121 Å². The van der Waals surface area contributed by atoms with Crippen LogP contribution in [0.5, 0.6) is 46.0 Å². The van der Waals surface area contributed by atoms with E-state index >= 15 is 0 Å². The lowest BCUT2D eigenvalue weighted by molar-refractivity contribution is -0.195. The van der Waals surface area contributed by atoms with Crippen molar-refractivity contribution < 1.29 is 145 Å². The van der Waals surface area contributed by atoms with Crippen LogP contribution in [-0.2, 0) is 112 Å². The van der Waals surface area contributed by atoms with Crippen molar-refractivity contribution in [2.75, 3.05) is 119 Å². The van der Waals surface area contributed by atoms with Crippen molar-refractivity contribution in [3.05, 3.63) is 166 Å². The summed E-state index contributed by atoms with van der Waals surface area (Å²) in [6.07, 6.45) is 4.25. The molecule has 0 saturated carbocycles. The van der Waals surface area contributed by atoms with Crippen LogP contribution in [0.2, 0.25) is 0 Å². The van der Waals surface area contributed by atoms with Gasteiger partial charge >= 0.3 is 29.8 Å². The van der Waals surface area contributed by atoms with Gasteiger partial charge in [0.1, 0.15) is 59.1 Å². The van der Waals surface area contributed by atoms with E-state index in [-0.39, 0.29) is 90.7 Å². The van der Waals surface area contributed by atoms with Crippen molar-refractivity contribution in [3.63, 3.8) is 0 Å². The predicted molar refractivity (Wildman–Crippen MR) is 444 cm³/mol. The number of thiol groups is 1. The van der Waals surface area contributed by atoms with Crippen LogP contribution >= 0.6 is 12.8 Å². The van der Waals surface area contributed by atoms with Crippen molar-refractivity contribution in [3.8, 4) is 46.0 Å². The number of benzene rings is 6.